The van der Waals surface area contributed by atoms with Crippen LogP contribution in [0.25, 0.3) is 0 Å². The van der Waals surface area contributed by atoms with E-state index >= 15 is 0 Å². The molecule has 1 aromatic heterocycles. The van der Waals surface area contributed by atoms with Gasteiger partial charge in [-0.1, -0.05) is 42.1 Å². The van der Waals surface area contributed by atoms with Crippen molar-refractivity contribution in [1.29, 1.82) is 5.26 Å². The predicted octanol–water partition coefficient (Wildman–Crippen LogP) is 3.37. The second kappa shape index (κ2) is 7.80. The number of aromatic nitrogens is 1. The molecule has 0 aliphatic heterocycles. The third-order valence-electron chi connectivity index (χ3n) is 3.39. The summed E-state index contributed by atoms with van der Waals surface area (Å²) < 4.78 is 0. The first-order valence-electron chi connectivity index (χ1n) is 7.38. The predicted molar refractivity (Wildman–Crippen MR) is 92.0 cm³/mol. The van der Waals surface area contributed by atoms with E-state index in [-0.39, 0.29) is 11.2 Å². The number of nitrogens with zero attached hydrogens (tertiary/aromatic N) is 2. The van der Waals surface area contributed by atoms with Gasteiger partial charge < -0.3 is 5.32 Å². The van der Waals surface area contributed by atoms with Crippen LogP contribution in [0.5, 0.6) is 0 Å². The molecule has 23 heavy (non-hydrogen) atoms. The molecule has 1 aromatic carbocycles. The van der Waals surface area contributed by atoms with E-state index in [1.54, 1.807) is 0 Å². The number of hydrogen-bond donors (Lipinski definition) is 1. The van der Waals surface area contributed by atoms with Gasteiger partial charge in [0.2, 0.25) is 5.91 Å². The molecule has 2 aromatic rings. The summed E-state index contributed by atoms with van der Waals surface area (Å²) >= 11 is 1.32. The smallest absolute Gasteiger partial charge is 0.233 e. The van der Waals surface area contributed by atoms with Crippen molar-refractivity contribution in [2.45, 2.75) is 37.6 Å². The Balaban J connectivity index is 2.03. The molecule has 1 heterocycles. The monoisotopic (exact) mass is 325 g/mol. The minimum atomic E-state index is -0.320. The molecule has 118 valence electrons. The highest BCUT2D eigenvalue weighted by Gasteiger charge is 2.18. The molecule has 1 amide bonds. The van der Waals surface area contributed by atoms with Gasteiger partial charge in [-0.05, 0) is 38.0 Å². The lowest BCUT2D eigenvalue weighted by Crippen LogP contribution is -2.30. The summed E-state index contributed by atoms with van der Waals surface area (Å²) in [4.78, 5) is 16.7. The van der Waals surface area contributed by atoms with E-state index in [9.17, 15) is 10.1 Å². The van der Waals surface area contributed by atoms with Crippen molar-refractivity contribution in [2.24, 2.45) is 0 Å². The van der Waals surface area contributed by atoms with Crippen LogP contribution in [0, 0.1) is 25.2 Å². The molecule has 0 saturated carbocycles. The summed E-state index contributed by atoms with van der Waals surface area (Å²) in [5.74, 6) is -0.0660. The van der Waals surface area contributed by atoms with Gasteiger partial charge in [0, 0.05) is 12.2 Å². The zero-order valence-corrected chi connectivity index (χ0v) is 14.3. The summed E-state index contributed by atoms with van der Waals surface area (Å²) in [6, 6.07) is 13.8. The van der Waals surface area contributed by atoms with E-state index in [0.29, 0.717) is 17.1 Å². The van der Waals surface area contributed by atoms with Crippen molar-refractivity contribution >= 4 is 17.7 Å². The molecule has 0 aliphatic rings. The van der Waals surface area contributed by atoms with E-state index < -0.39 is 0 Å². The second-order valence-corrected chi connectivity index (χ2v) is 6.67. The van der Waals surface area contributed by atoms with Crippen LogP contribution >= 0.6 is 11.8 Å². The number of thioether (sulfide) groups is 1. The Morgan fingerprint density at radius 2 is 2.04 bits per heavy atom. The maximum Gasteiger partial charge on any atom is 0.233 e. The zero-order chi connectivity index (χ0) is 16.8. The van der Waals surface area contributed by atoms with Gasteiger partial charge >= 0.3 is 0 Å². The number of benzene rings is 1. The lowest BCUT2D eigenvalue weighted by Gasteiger charge is -2.13. The maximum absolute atomic E-state index is 12.2. The fraction of sp³-hybridized carbons (Fsp3) is 0.278. The van der Waals surface area contributed by atoms with Crippen molar-refractivity contribution in [3.8, 4) is 6.07 Å². The molecule has 0 aliphatic carbocycles. The molecule has 1 atom stereocenters. The number of carbonyl (C=O) groups is 1. The summed E-state index contributed by atoms with van der Waals surface area (Å²) in [6.45, 7) is 6.09. The second-order valence-electron chi connectivity index (χ2n) is 5.34. The quantitative estimate of drug-likeness (QED) is 0.856. The summed E-state index contributed by atoms with van der Waals surface area (Å²) in [5.41, 5.74) is 3.34. The number of nitriles is 1. The first-order valence-corrected chi connectivity index (χ1v) is 8.26. The molecule has 4 nitrogen and oxygen atoms in total. The summed E-state index contributed by atoms with van der Waals surface area (Å²) in [7, 11) is 0. The van der Waals surface area contributed by atoms with Crippen LogP contribution in [-0.4, -0.2) is 16.1 Å². The lowest BCUT2D eigenvalue weighted by atomic mass is 10.1. The number of hydrogen-bond acceptors (Lipinski definition) is 4. The molecule has 0 fully saturated rings. The highest BCUT2D eigenvalue weighted by Crippen LogP contribution is 2.27. The Morgan fingerprint density at radius 3 is 2.70 bits per heavy atom. The average Bonchev–Trinajstić information content (AvgIpc) is 2.53. The fourth-order valence-corrected chi connectivity index (χ4v) is 3.22. The summed E-state index contributed by atoms with van der Waals surface area (Å²) in [5, 5.41) is 12.5. The molecule has 0 spiro atoms. The zero-order valence-electron chi connectivity index (χ0n) is 13.5. The molecule has 1 N–H and O–H groups in total. The molecule has 0 unspecified atom stereocenters. The largest absolute Gasteiger partial charge is 0.351 e. The number of carbonyl (C=O) groups excluding carboxylic acids is 1. The number of aryl methyl sites for hydroxylation is 2. The van der Waals surface area contributed by atoms with Crippen LogP contribution < -0.4 is 5.32 Å². The molecule has 2 rings (SSSR count). The van der Waals surface area contributed by atoms with Gasteiger partial charge in [-0.2, -0.15) is 5.26 Å². The number of rotatable bonds is 5. The summed E-state index contributed by atoms with van der Waals surface area (Å²) in [6.07, 6.45) is 0. The molecule has 5 heteroatoms. The standard InChI is InChI=1S/C18H19N3OS/c1-12-9-13(2)21-18(16(12)10-19)23-14(3)17(22)20-11-15-7-5-4-6-8-15/h4-9,14H,11H2,1-3H3,(H,20,22)/t14-/m1/s1. The lowest BCUT2D eigenvalue weighted by molar-refractivity contribution is -0.120. The van der Waals surface area contributed by atoms with Crippen molar-refractivity contribution in [1.82, 2.24) is 10.3 Å². The van der Waals surface area contributed by atoms with E-state index in [1.807, 2.05) is 57.2 Å². The SMILES string of the molecule is Cc1cc(C)c(C#N)c(S[C@H](C)C(=O)NCc2ccccc2)n1. The van der Waals surface area contributed by atoms with Crippen molar-refractivity contribution in [3.05, 3.63) is 58.8 Å². The molecule has 0 radical (unpaired) electrons. The molecular weight excluding hydrogens is 306 g/mol. The van der Waals surface area contributed by atoms with E-state index in [0.717, 1.165) is 16.8 Å². The Labute approximate surface area is 140 Å². The van der Waals surface area contributed by atoms with Gasteiger partial charge in [0.05, 0.1) is 10.8 Å². The van der Waals surface area contributed by atoms with E-state index in [2.05, 4.69) is 16.4 Å². The van der Waals surface area contributed by atoms with E-state index in [4.69, 9.17) is 0 Å². The Hall–Kier alpha value is -2.32. The Morgan fingerprint density at radius 1 is 1.35 bits per heavy atom. The van der Waals surface area contributed by atoms with Gasteiger partial charge in [-0.25, -0.2) is 4.98 Å². The van der Waals surface area contributed by atoms with Crippen LogP contribution in [0.1, 0.15) is 29.3 Å². The minimum absolute atomic E-state index is 0.0660. The van der Waals surface area contributed by atoms with Crippen LogP contribution in [-0.2, 0) is 11.3 Å². The van der Waals surface area contributed by atoms with Gasteiger partial charge in [-0.15, -0.1) is 0 Å². The number of amides is 1. The molecule has 0 bridgehead atoms. The highest BCUT2D eigenvalue weighted by molar-refractivity contribution is 8.00. The number of pyridine rings is 1. The minimum Gasteiger partial charge on any atom is -0.351 e. The van der Waals surface area contributed by atoms with Gasteiger partial charge in [0.1, 0.15) is 11.1 Å². The van der Waals surface area contributed by atoms with Crippen LogP contribution in [0.3, 0.4) is 0 Å². The first-order chi connectivity index (χ1) is 11.0. The van der Waals surface area contributed by atoms with Gasteiger partial charge in [0.15, 0.2) is 0 Å². The van der Waals surface area contributed by atoms with Crippen LogP contribution in [0.4, 0.5) is 0 Å². The Kier molecular flexibility index (Phi) is 5.78. The van der Waals surface area contributed by atoms with Crippen molar-refractivity contribution in [3.63, 3.8) is 0 Å². The number of nitrogens with one attached hydrogen (secondary N) is 1. The topological polar surface area (TPSA) is 65.8 Å². The molecular formula is C18H19N3OS. The average molecular weight is 325 g/mol. The van der Waals surface area contributed by atoms with Gasteiger partial charge in [0.25, 0.3) is 0 Å². The van der Waals surface area contributed by atoms with E-state index in [1.165, 1.54) is 11.8 Å². The normalized spacial score (nSPS) is 11.6. The highest BCUT2D eigenvalue weighted by atomic mass is 32.2. The van der Waals surface area contributed by atoms with Gasteiger partial charge in [-0.3, -0.25) is 4.79 Å². The van der Waals surface area contributed by atoms with Crippen LogP contribution in [0.15, 0.2) is 41.4 Å². The maximum atomic E-state index is 12.2. The first kappa shape index (κ1) is 17.0. The van der Waals surface area contributed by atoms with Crippen molar-refractivity contribution < 1.29 is 4.79 Å². The van der Waals surface area contributed by atoms with Crippen LogP contribution in [0.2, 0.25) is 0 Å². The fourth-order valence-electron chi connectivity index (χ4n) is 2.17. The molecule has 0 saturated heterocycles. The third-order valence-corrected chi connectivity index (χ3v) is 4.48. The Bertz CT molecular complexity index is 738. The third kappa shape index (κ3) is 4.57. The van der Waals surface area contributed by atoms with Crippen molar-refractivity contribution in [2.75, 3.05) is 0 Å².